The number of benzene rings is 3. The van der Waals surface area contributed by atoms with Crippen molar-refractivity contribution in [2.75, 3.05) is 16.0 Å². The van der Waals surface area contributed by atoms with Crippen molar-refractivity contribution in [3.63, 3.8) is 0 Å². The minimum atomic E-state index is -2.90. The minimum Gasteiger partial charge on any atom is -0.459 e. The standard InChI is InChI=1S/C25H19F2N3O4/c26-25(27)34-19-13-11-16(12-14-19)28-21-5-2-1-4-20(21)23(31)29-17-7-9-18(10-8-17)30-24(32)22-6-3-15-33-22/h1-15,25,28H,(H,29,31)(H,30,32). The van der Waals surface area contributed by atoms with Crippen LogP contribution in [0.1, 0.15) is 20.9 Å². The van der Waals surface area contributed by atoms with E-state index in [0.29, 0.717) is 28.3 Å². The molecule has 3 aromatic carbocycles. The SMILES string of the molecule is O=C(Nc1ccc(NC(=O)c2ccccc2Nc2ccc(OC(F)F)cc2)cc1)c1ccco1. The van der Waals surface area contributed by atoms with E-state index in [-0.39, 0.29) is 23.3 Å². The fourth-order valence-electron chi connectivity index (χ4n) is 3.10. The average molecular weight is 463 g/mol. The third-order valence-electron chi connectivity index (χ3n) is 4.68. The second-order valence-electron chi connectivity index (χ2n) is 7.04. The predicted molar refractivity (Wildman–Crippen MR) is 124 cm³/mol. The number of anilines is 4. The van der Waals surface area contributed by atoms with E-state index in [1.54, 1.807) is 72.8 Å². The molecular formula is C25H19F2N3O4. The van der Waals surface area contributed by atoms with Crippen LogP contribution in [-0.2, 0) is 0 Å². The molecule has 1 heterocycles. The van der Waals surface area contributed by atoms with Crippen molar-refractivity contribution >= 4 is 34.6 Å². The Morgan fingerprint density at radius 1 is 0.735 bits per heavy atom. The van der Waals surface area contributed by atoms with E-state index in [4.69, 9.17) is 4.42 Å². The van der Waals surface area contributed by atoms with Crippen LogP contribution in [0.5, 0.6) is 5.75 Å². The second-order valence-corrected chi connectivity index (χ2v) is 7.04. The van der Waals surface area contributed by atoms with Gasteiger partial charge in [-0.3, -0.25) is 9.59 Å². The van der Waals surface area contributed by atoms with Crippen LogP contribution >= 0.6 is 0 Å². The monoisotopic (exact) mass is 463 g/mol. The zero-order valence-electron chi connectivity index (χ0n) is 17.6. The fraction of sp³-hybridized carbons (Fsp3) is 0.0400. The number of amides is 2. The largest absolute Gasteiger partial charge is 0.459 e. The highest BCUT2D eigenvalue weighted by atomic mass is 19.3. The molecule has 9 heteroatoms. The van der Waals surface area contributed by atoms with Crippen molar-refractivity contribution in [3.05, 3.63) is 103 Å². The smallest absolute Gasteiger partial charge is 0.387 e. The van der Waals surface area contributed by atoms with E-state index in [9.17, 15) is 18.4 Å². The summed E-state index contributed by atoms with van der Waals surface area (Å²) in [7, 11) is 0. The van der Waals surface area contributed by atoms with Crippen LogP contribution in [0.2, 0.25) is 0 Å². The molecule has 1 aromatic heterocycles. The van der Waals surface area contributed by atoms with Crippen LogP contribution in [0, 0.1) is 0 Å². The highest BCUT2D eigenvalue weighted by Crippen LogP contribution is 2.25. The zero-order valence-corrected chi connectivity index (χ0v) is 17.6. The van der Waals surface area contributed by atoms with Crippen LogP contribution in [0.3, 0.4) is 0 Å². The summed E-state index contributed by atoms with van der Waals surface area (Å²) in [6, 6.07) is 22.6. The third kappa shape index (κ3) is 5.77. The highest BCUT2D eigenvalue weighted by molar-refractivity contribution is 6.08. The Kier molecular flexibility index (Phi) is 6.83. The maximum absolute atomic E-state index is 12.9. The molecule has 4 rings (SSSR count). The van der Waals surface area contributed by atoms with Crippen LogP contribution in [0.15, 0.2) is 95.6 Å². The van der Waals surface area contributed by atoms with Gasteiger partial charge in [0.05, 0.1) is 17.5 Å². The molecule has 4 aromatic rings. The van der Waals surface area contributed by atoms with Gasteiger partial charge in [-0.15, -0.1) is 0 Å². The zero-order chi connectivity index (χ0) is 23.9. The number of carbonyl (C=O) groups excluding carboxylic acids is 2. The van der Waals surface area contributed by atoms with Gasteiger partial charge in [0.15, 0.2) is 5.76 Å². The Labute approximate surface area is 193 Å². The molecule has 34 heavy (non-hydrogen) atoms. The number of furan rings is 1. The van der Waals surface area contributed by atoms with Gasteiger partial charge in [-0.2, -0.15) is 8.78 Å². The van der Waals surface area contributed by atoms with Gasteiger partial charge in [-0.05, 0) is 72.8 Å². The van der Waals surface area contributed by atoms with Crippen LogP contribution in [0.4, 0.5) is 31.5 Å². The first-order valence-electron chi connectivity index (χ1n) is 10.1. The summed E-state index contributed by atoms with van der Waals surface area (Å²) in [5, 5.41) is 8.61. The number of hydrogen-bond acceptors (Lipinski definition) is 5. The Morgan fingerprint density at radius 3 is 1.97 bits per heavy atom. The Balaban J connectivity index is 1.41. The number of nitrogens with one attached hydrogen (secondary N) is 3. The van der Waals surface area contributed by atoms with Crippen LogP contribution in [-0.4, -0.2) is 18.4 Å². The second kappa shape index (κ2) is 10.3. The Hall–Kier alpha value is -4.66. The fourth-order valence-corrected chi connectivity index (χ4v) is 3.10. The summed E-state index contributed by atoms with van der Waals surface area (Å²) < 4.78 is 34.0. The molecule has 0 fully saturated rings. The summed E-state index contributed by atoms with van der Waals surface area (Å²) in [6.45, 7) is -2.90. The van der Waals surface area contributed by atoms with Gasteiger partial charge in [0.2, 0.25) is 0 Å². The van der Waals surface area contributed by atoms with E-state index in [1.807, 2.05) is 0 Å². The van der Waals surface area contributed by atoms with Gasteiger partial charge >= 0.3 is 6.61 Å². The molecule has 0 aliphatic carbocycles. The van der Waals surface area contributed by atoms with E-state index >= 15 is 0 Å². The Bertz CT molecular complexity index is 1260. The van der Waals surface area contributed by atoms with E-state index in [1.165, 1.54) is 18.4 Å². The number of rotatable bonds is 8. The quantitative estimate of drug-likeness (QED) is 0.292. The van der Waals surface area contributed by atoms with E-state index in [2.05, 4.69) is 20.7 Å². The summed E-state index contributed by atoms with van der Waals surface area (Å²) in [5.74, 6) is -0.503. The van der Waals surface area contributed by atoms with Crippen molar-refractivity contribution in [2.45, 2.75) is 6.61 Å². The van der Waals surface area contributed by atoms with Gasteiger partial charge in [0.25, 0.3) is 11.8 Å². The average Bonchev–Trinajstić information content (AvgIpc) is 3.37. The molecule has 0 unspecified atom stereocenters. The first-order chi connectivity index (χ1) is 16.5. The molecule has 7 nitrogen and oxygen atoms in total. The van der Waals surface area contributed by atoms with Crippen molar-refractivity contribution < 1.29 is 27.5 Å². The maximum Gasteiger partial charge on any atom is 0.387 e. The third-order valence-corrected chi connectivity index (χ3v) is 4.68. The summed E-state index contributed by atoms with van der Waals surface area (Å²) >= 11 is 0. The molecule has 0 radical (unpaired) electrons. The molecule has 0 aliphatic rings. The van der Waals surface area contributed by atoms with Crippen molar-refractivity contribution in [2.24, 2.45) is 0 Å². The van der Waals surface area contributed by atoms with Crippen LogP contribution < -0.4 is 20.7 Å². The van der Waals surface area contributed by atoms with Gasteiger partial charge in [-0.25, -0.2) is 0 Å². The number of ether oxygens (including phenoxy) is 1. The summed E-state index contributed by atoms with van der Waals surface area (Å²) in [5.41, 5.74) is 2.58. The molecule has 0 aliphatic heterocycles. The molecular weight excluding hydrogens is 444 g/mol. The lowest BCUT2D eigenvalue weighted by atomic mass is 10.1. The molecule has 0 saturated heterocycles. The summed E-state index contributed by atoms with van der Waals surface area (Å²) in [6.07, 6.45) is 1.41. The maximum atomic E-state index is 12.9. The first-order valence-corrected chi connectivity index (χ1v) is 10.1. The Morgan fingerprint density at radius 2 is 1.35 bits per heavy atom. The molecule has 2 amide bonds. The number of carbonyl (C=O) groups is 2. The van der Waals surface area contributed by atoms with E-state index < -0.39 is 6.61 Å². The molecule has 0 bridgehead atoms. The topological polar surface area (TPSA) is 92.6 Å². The summed E-state index contributed by atoms with van der Waals surface area (Å²) in [4.78, 5) is 24.9. The highest BCUT2D eigenvalue weighted by Gasteiger charge is 2.13. The number of halogens is 2. The van der Waals surface area contributed by atoms with Crippen LogP contribution in [0.25, 0.3) is 0 Å². The van der Waals surface area contributed by atoms with Gasteiger partial charge in [0.1, 0.15) is 5.75 Å². The van der Waals surface area contributed by atoms with Crippen molar-refractivity contribution in [1.29, 1.82) is 0 Å². The lowest BCUT2D eigenvalue weighted by Gasteiger charge is -2.13. The number of alkyl halides is 2. The molecule has 172 valence electrons. The van der Waals surface area contributed by atoms with Gasteiger partial charge < -0.3 is 25.1 Å². The van der Waals surface area contributed by atoms with Gasteiger partial charge in [0, 0.05) is 17.1 Å². The normalized spacial score (nSPS) is 10.6. The van der Waals surface area contributed by atoms with Gasteiger partial charge in [-0.1, -0.05) is 12.1 Å². The van der Waals surface area contributed by atoms with E-state index in [0.717, 1.165) is 0 Å². The number of hydrogen-bond donors (Lipinski definition) is 3. The lowest BCUT2D eigenvalue weighted by Crippen LogP contribution is -2.14. The molecule has 0 atom stereocenters. The molecule has 0 spiro atoms. The lowest BCUT2D eigenvalue weighted by molar-refractivity contribution is -0.0498. The first kappa shape index (κ1) is 22.5. The molecule has 3 N–H and O–H groups in total. The number of para-hydroxylation sites is 1. The van der Waals surface area contributed by atoms with Crippen molar-refractivity contribution in [3.8, 4) is 5.75 Å². The predicted octanol–water partition coefficient (Wildman–Crippen LogP) is 6.13. The van der Waals surface area contributed by atoms with Crippen molar-refractivity contribution in [1.82, 2.24) is 0 Å². The minimum absolute atomic E-state index is 0.0374. The molecule has 0 saturated carbocycles.